The molecule has 2 rings (SSSR count). The van der Waals surface area contributed by atoms with Crippen LogP contribution in [0.25, 0.3) is 0 Å². The summed E-state index contributed by atoms with van der Waals surface area (Å²) in [4.78, 5) is 12.1. The quantitative estimate of drug-likeness (QED) is 0.612. The van der Waals surface area contributed by atoms with Crippen LogP contribution in [0.2, 0.25) is 0 Å². The van der Waals surface area contributed by atoms with Crippen LogP contribution in [0.4, 0.5) is 5.69 Å². The van der Waals surface area contributed by atoms with E-state index in [1.165, 1.54) is 11.4 Å². The first-order valence-corrected chi connectivity index (χ1v) is 10.7. The molecular formula is C20H26N2O5S. The number of hydrogen-bond donors (Lipinski definition) is 1. The number of benzene rings is 2. The van der Waals surface area contributed by atoms with Crippen molar-refractivity contribution in [1.29, 1.82) is 0 Å². The van der Waals surface area contributed by atoms with Gasteiger partial charge in [0, 0.05) is 13.6 Å². The average molecular weight is 407 g/mol. The third-order valence-corrected chi connectivity index (χ3v) is 5.24. The van der Waals surface area contributed by atoms with Crippen molar-refractivity contribution in [2.45, 2.75) is 19.6 Å². The maximum Gasteiger partial charge on any atom is 0.260 e. The fraction of sp³-hybridized carbons (Fsp3) is 0.350. The molecule has 0 bridgehead atoms. The third-order valence-electron chi connectivity index (χ3n) is 4.04. The Morgan fingerprint density at radius 2 is 1.75 bits per heavy atom. The molecule has 0 aromatic heterocycles. The minimum Gasteiger partial charge on any atom is -0.481 e. The van der Waals surface area contributed by atoms with E-state index in [9.17, 15) is 13.2 Å². The van der Waals surface area contributed by atoms with Crippen LogP contribution in [-0.4, -0.2) is 46.9 Å². The molecule has 0 aliphatic heterocycles. The maximum atomic E-state index is 12.1. The van der Waals surface area contributed by atoms with Crippen molar-refractivity contribution in [3.8, 4) is 5.75 Å². The van der Waals surface area contributed by atoms with E-state index >= 15 is 0 Å². The van der Waals surface area contributed by atoms with Crippen molar-refractivity contribution in [3.05, 3.63) is 60.2 Å². The molecule has 0 aliphatic carbocycles. The Labute approximate surface area is 166 Å². The highest BCUT2D eigenvalue weighted by molar-refractivity contribution is 7.92. The summed E-state index contributed by atoms with van der Waals surface area (Å²) in [6.07, 6.45) is 0.445. The first-order valence-electron chi connectivity index (χ1n) is 8.87. The SMILES string of the molecule is C[C@H](Oc1ccc(N(C)S(C)(=O)=O)cc1)C(=O)NCCOCc1ccccc1. The summed E-state index contributed by atoms with van der Waals surface area (Å²) in [5, 5.41) is 2.76. The fourth-order valence-electron chi connectivity index (χ4n) is 2.34. The van der Waals surface area contributed by atoms with Gasteiger partial charge < -0.3 is 14.8 Å². The molecule has 7 nitrogen and oxygen atoms in total. The first kappa shape index (κ1) is 21.7. The van der Waals surface area contributed by atoms with Crippen molar-refractivity contribution in [2.75, 3.05) is 30.8 Å². The lowest BCUT2D eigenvalue weighted by molar-refractivity contribution is -0.127. The maximum absolute atomic E-state index is 12.1. The van der Waals surface area contributed by atoms with Crippen LogP contribution in [0.15, 0.2) is 54.6 Å². The molecule has 0 radical (unpaired) electrons. The molecule has 1 atom stereocenters. The lowest BCUT2D eigenvalue weighted by atomic mass is 10.2. The normalized spacial score (nSPS) is 12.2. The zero-order chi connectivity index (χ0) is 20.6. The second-order valence-electron chi connectivity index (χ2n) is 6.31. The lowest BCUT2D eigenvalue weighted by Gasteiger charge is -2.18. The number of carbonyl (C=O) groups is 1. The molecule has 2 aromatic carbocycles. The molecule has 28 heavy (non-hydrogen) atoms. The molecule has 1 amide bonds. The van der Waals surface area contributed by atoms with Gasteiger partial charge in [-0.05, 0) is 36.8 Å². The fourth-order valence-corrected chi connectivity index (χ4v) is 2.84. The Hall–Kier alpha value is -2.58. The summed E-state index contributed by atoms with van der Waals surface area (Å²) in [5.41, 5.74) is 1.60. The number of nitrogens with zero attached hydrogens (tertiary/aromatic N) is 1. The van der Waals surface area contributed by atoms with Gasteiger partial charge in [0.1, 0.15) is 5.75 Å². The Kier molecular flexibility index (Phi) is 7.83. The number of carbonyl (C=O) groups excluding carboxylic acids is 1. The predicted octanol–water partition coefficient (Wildman–Crippen LogP) is 2.18. The molecule has 0 saturated carbocycles. The topological polar surface area (TPSA) is 84.9 Å². The standard InChI is InChI=1S/C20H26N2O5S/c1-16(20(23)21-13-14-26-15-17-7-5-4-6-8-17)27-19-11-9-18(10-12-19)22(2)28(3,24)25/h4-12,16H,13-15H2,1-3H3,(H,21,23)/t16-/m0/s1. The van der Waals surface area contributed by atoms with E-state index in [4.69, 9.17) is 9.47 Å². The molecule has 8 heteroatoms. The van der Waals surface area contributed by atoms with Crippen molar-refractivity contribution in [3.63, 3.8) is 0 Å². The van der Waals surface area contributed by atoms with Crippen LogP contribution in [-0.2, 0) is 26.2 Å². The second-order valence-corrected chi connectivity index (χ2v) is 8.33. The van der Waals surface area contributed by atoms with Crippen molar-refractivity contribution in [1.82, 2.24) is 5.32 Å². The summed E-state index contributed by atoms with van der Waals surface area (Å²) in [6.45, 7) is 2.94. The molecule has 0 spiro atoms. The zero-order valence-corrected chi connectivity index (χ0v) is 17.1. The van der Waals surface area contributed by atoms with Gasteiger partial charge in [-0.3, -0.25) is 9.10 Å². The van der Waals surface area contributed by atoms with Crippen LogP contribution >= 0.6 is 0 Å². The Morgan fingerprint density at radius 1 is 1.11 bits per heavy atom. The van der Waals surface area contributed by atoms with E-state index in [0.29, 0.717) is 31.2 Å². The average Bonchev–Trinajstić information content (AvgIpc) is 2.67. The van der Waals surface area contributed by atoms with Crippen LogP contribution in [0, 0.1) is 0 Å². The number of nitrogens with one attached hydrogen (secondary N) is 1. The van der Waals surface area contributed by atoms with Crippen molar-refractivity contribution >= 4 is 21.6 Å². The molecule has 0 aliphatic rings. The predicted molar refractivity (Wildman–Crippen MR) is 109 cm³/mol. The summed E-state index contributed by atoms with van der Waals surface area (Å²) < 4.78 is 35.4. The molecule has 0 fully saturated rings. The van der Waals surface area contributed by atoms with E-state index in [1.807, 2.05) is 30.3 Å². The van der Waals surface area contributed by atoms with Gasteiger partial charge in [0.05, 0.1) is 25.2 Å². The Balaban J connectivity index is 1.73. The summed E-state index contributed by atoms with van der Waals surface area (Å²) in [5.74, 6) is 0.231. The minimum atomic E-state index is -3.32. The number of sulfonamides is 1. The molecule has 2 aromatic rings. The van der Waals surface area contributed by atoms with Gasteiger partial charge in [-0.1, -0.05) is 30.3 Å². The number of amides is 1. The molecule has 152 valence electrons. The lowest BCUT2D eigenvalue weighted by Crippen LogP contribution is -2.38. The van der Waals surface area contributed by atoms with E-state index < -0.39 is 16.1 Å². The van der Waals surface area contributed by atoms with Gasteiger partial charge in [-0.2, -0.15) is 0 Å². The number of ether oxygens (including phenoxy) is 2. The van der Waals surface area contributed by atoms with Crippen LogP contribution in [0.5, 0.6) is 5.75 Å². The van der Waals surface area contributed by atoms with Crippen LogP contribution in [0.3, 0.4) is 0 Å². The second kappa shape index (κ2) is 10.1. The monoisotopic (exact) mass is 406 g/mol. The third kappa shape index (κ3) is 6.86. The van der Waals surface area contributed by atoms with Gasteiger partial charge >= 0.3 is 0 Å². The Morgan fingerprint density at radius 3 is 2.36 bits per heavy atom. The summed E-state index contributed by atoms with van der Waals surface area (Å²) in [6, 6.07) is 16.3. The van der Waals surface area contributed by atoms with Crippen LogP contribution < -0.4 is 14.4 Å². The largest absolute Gasteiger partial charge is 0.481 e. The summed E-state index contributed by atoms with van der Waals surface area (Å²) in [7, 11) is -1.85. The molecule has 1 N–H and O–H groups in total. The minimum absolute atomic E-state index is 0.249. The van der Waals surface area contributed by atoms with Crippen molar-refractivity contribution in [2.24, 2.45) is 0 Å². The number of anilines is 1. The van der Waals surface area contributed by atoms with E-state index in [1.54, 1.807) is 31.2 Å². The van der Waals surface area contributed by atoms with Gasteiger partial charge in [0.2, 0.25) is 10.0 Å². The highest BCUT2D eigenvalue weighted by Crippen LogP contribution is 2.21. The van der Waals surface area contributed by atoms with E-state index in [-0.39, 0.29) is 5.91 Å². The van der Waals surface area contributed by atoms with Gasteiger partial charge in [0.15, 0.2) is 6.10 Å². The van der Waals surface area contributed by atoms with Gasteiger partial charge in [-0.25, -0.2) is 8.42 Å². The number of hydrogen-bond acceptors (Lipinski definition) is 5. The van der Waals surface area contributed by atoms with Gasteiger partial charge in [-0.15, -0.1) is 0 Å². The van der Waals surface area contributed by atoms with E-state index in [2.05, 4.69) is 5.32 Å². The highest BCUT2D eigenvalue weighted by atomic mass is 32.2. The smallest absolute Gasteiger partial charge is 0.260 e. The first-order chi connectivity index (χ1) is 13.3. The Bertz CT molecular complexity index is 854. The highest BCUT2D eigenvalue weighted by Gasteiger charge is 2.15. The zero-order valence-electron chi connectivity index (χ0n) is 16.3. The van der Waals surface area contributed by atoms with Crippen LogP contribution in [0.1, 0.15) is 12.5 Å². The molecular weight excluding hydrogens is 380 g/mol. The molecule has 0 saturated heterocycles. The van der Waals surface area contributed by atoms with Crippen molar-refractivity contribution < 1.29 is 22.7 Å². The number of rotatable bonds is 10. The summed E-state index contributed by atoms with van der Waals surface area (Å²) >= 11 is 0. The molecule has 0 heterocycles. The van der Waals surface area contributed by atoms with Gasteiger partial charge in [0.25, 0.3) is 5.91 Å². The molecule has 0 unspecified atom stereocenters. The van der Waals surface area contributed by atoms with E-state index in [0.717, 1.165) is 11.8 Å².